The van der Waals surface area contributed by atoms with E-state index in [9.17, 15) is 4.79 Å². The number of carbonyl (C=O) groups excluding carboxylic acids is 1. The van der Waals surface area contributed by atoms with Crippen LogP contribution in [0.4, 0.5) is 0 Å². The van der Waals surface area contributed by atoms with Crippen molar-refractivity contribution in [1.29, 1.82) is 0 Å². The second-order valence-corrected chi connectivity index (χ2v) is 4.97. The summed E-state index contributed by atoms with van der Waals surface area (Å²) in [6.07, 6.45) is 6.27. The first kappa shape index (κ1) is 14.8. The molecule has 0 radical (unpaired) electrons. The summed E-state index contributed by atoms with van der Waals surface area (Å²) < 4.78 is 5.82. The molecule has 1 aromatic carbocycles. The molecule has 1 fully saturated rings. The second-order valence-electron chi connectivity index (χ2n) is 4.97. The van der Waals surface area contributed by atoms with Gasteiger partial charge in [0, 0.05) is 19.5 Å². The Balaban J connectivity index is 1.88. The highest BCUT2D eigenvalue weighted by molar-refractivity contribution is 5.81. The van der Waals surface area contributed by atoms with Gasteiger partial charge in [-0.25, -0.2) is 0 Å². The molecule has 0 saturated heterocycles. The molecule has 20 heavy (non-hydrogen) atoms. The van der Waals surface area contributed by atoms with Crippen molar-refractivity contribution in [1.82, 2.24) is 5.32 Å². The van der Waals surface area contributed by atoms with Crippen LogP contribution in [0.5, 0.6) is 0 Å². The minimum Gasteiger partial charge on any atom is -0.365 e. The van der Waals surface area contributed by atoms with Crippen LogP contribution in [0.25, 0.3) is 0 Å². The lowest BCUT2D eigenvalue weighted by Crippen LogP contribution is -2.38. The molecule has 2 rings (SSSR count). The molecular formula is C16H22N2O2. The first-order chi connectivity index (χ1) is 9.79. The molecule has 1 aliphatic rings. The molecule has 0 heterocycles. The van der Waals surface area contributed by atoms with Gasteiger partial charge in [0.05, 0.1) is 6.10 Å². The van der Waals surface area contributed by atoms with Gasteiger partial charge in [-0.05, 0) is 18.4 Å². The van der Waals surface area contributed by atoms with Crippen LogP contribution in [0, 0.1) is 0 Å². The molecule has 0 spiro atoms. The fourth-order valence-corrected chi connectivity index (χ4v) is 1.92. The smallest absolute Gasteiger partial charge is 0.249 e. The topological polar surface area (TPSA) is 64.3 Å². The molecule has 108 valence electrons. The fraction of sp³-hybridized carbons (Fsp3) is 0.438. The van der Waals surface area contributed by atoms with E-state index in [-0.39, 0.29) is 12.0 Å². The summed E-state index contributed by atoms with van der Waals surface area (Å²) in [4.78, 5) is 12.2. The van der Waals surface area contributed by atoms with Crippen molar-refractivity contribution < 1.29 is 9.53 Å². The van der Waals surface area contributed by atoms with E-state index in [1.165, 1.54) is 0 Å². The average Bonchev–Trinajstić information content (AvgIpc) is 3.28. The number of nitrogens with one attached hydrogen (secondary N) is 1. The molecular weight excluding hydrogens is 252 g/mol. The van der Waals surface area contributed by atoms with Crippen LogP contribution < -0.4 is 11.1 Å². The summed E-state index contributed by atoms with van der Waals surface area (Å²) in [6, 6.07) is 9.96. The number of rotatable bonds is 8. The number of benzene rings is 1. The van der Waals surface area contributed by atoms with Gasteiger partial charge in [0.15, 0.2) is 0 Å². The Labute approximate surface area is 120 Å². The molecule has 4 nitrogen and oxygen atoms in total. The minimum atomic E-state index is -0.406. The SMILES string of the molecule is NC/C=C/CNC(=O)[C@H](Cc1ccccc1)OC1CC1. The van der Waals surface area contributed by atoms with Gasteiger partial charge in [0.1, 0.15) is 6.10 Å². The van der Waals surface area contributed by atoms with E-state index in [0.29, 0.717) is 19.5 Å². The first-order valence-electron chi connectivity index (χ1n) is 7.11. The Hall–Kier alpha value is -1.65. The van der Waals surface area contributed by atoms with Crippen LogP contribution in [0.2, 0.25) is 0 Å². The molecule has 0 unspecified atom stereocenters. The van der Waals surface area contributed by atoms with E-state index in [2.05, 4.69) is 5.32 Å². The number of amides is 1. The average molecular weight is 274 g/mol. The molecule has 0 bridgehead atoms. The van der Waals surface area contributed by atoms with E-state index in [0.717, 1.165) is 18.4 Å². The highest BCUT2D eigenvalue weighted by Crippen LogP contribution is 2.26. The number of nitrogens with two attached hydrogens (primary N) is 1. The quantitative estimate of drug-likeness (QED) is 0.704. The van der Waals surface area contributed by atoms with Crippen LogP contribution >= 0.6 is 0 Å². The zero-order valence-corrected chi connectivity index (χ0v) is 11.6. The standard InChI is InChI=1S/C16H22N2O2/c17-10-4-5-11-18-16(19)15(20-14-8-9-14)12-13-6-2-1-3-7-13/h1-7,14-15H,8-12,17H2,(H,18,19)/b5-4+/t15-/m0/s1. The van der Waals surface area contributed by atoms with E-state index < -0.39 is 6.10 Å². The maximum Gasteiger partial charge on any atom is 0.249 e. The Kier molecular flexibility index (Phi) is 5.77. The lowest BCUT2D eigenvalue weighted by molar-refractivity contribution is -0.133. The molecule has 1 aliphatic carbocycles. The van der Waals surface area contributed by atoms with Gasteiger partial charge < -0.3 is 15.8 Å². The van der Waals surface area contributed by atoms with Crippen molar-refractivity contribution in [3.05, 3.63) is 48.0 Å². The summed E-state index contributed by atoms with van der Waals surface area (Å²) in [6.45, 7) is 0.983. The van der Waals surface area contributed by atoms with Crippen LogP contribution in [-0.2, 0) is 16.0 Å². The predicted molar refractivity (Wildman–Crippen MR) is 79.2 cm³/mol. The Morgan fingerprint density at radius 1 is 1.35 bits per heavy atom. The van der Waals surface area contributed by atoms with Crippen molar-refractivity contribution in [2.75, 3.05) is 13.1 Å². The summed E-state index contributed by atoms with van der Waals surface area (Å²) in [5.74, 6) is -0.0533. The predicted octanol–water partition coefficient (Wildman–Crippen LogP) is 1.41. The maximum absolute atomic E-state index is 12.2. The van der Waals surface area contributed by atoms with Gasteiger partial charge in [-0.2, -0.15) is 0 Å². The number of hydrogen-bond acceptors (Lipinski definition) is 3. The highest BCUT2D eigenvalue weighted by atomic mass is 16.5. The lowest BCUT2D eigenvalue weighted by atomic mass is 10.1. The van der Waals surface area contributed by atoms with Gasteiger partial charge in [0.25, 0.3) is 0 Å². The molecule has 1 atom stereocenters. The van der Waals surface area contributed by atoms with Gasteiger partial charge in [-0.3, -0.25) is 4.79 Å². The first-order valence-corrected chi connectivity index (χ1v) is 7.11. The molecule has 0 aliphatic heterocycles. The third-order valence-corrected chi connectivity index (χ3v) is 3.13. The Morgan fingerprint density at radius 2 is 2.10 bits per heavy atom. The summed E-state index contributed by atoms with van der Waals surface area (Å²) in [5.41, 5.74) is 6.47. The Bertz CT molecular complexity index is 441. The number of hydrogen-bond donors (Lipinski definition) is 2. The van der Waals surface area contributed by atoms with Gasteiger partial charge in [-0.15, -0.1) is 0 Å². The van der Waals surface area contributed by atoms with Crippen LogP contribution in [0.15, 0.2) is 42.5 Å². The fourth-order valence-electron chi connectivity index (χ4n) is 1.92. The lowest BCUT2D eigenvalue weighted by Gasteiger charge is -2.17. The molecule has 3 N–H and O–H groups in total. The third kappa shape index (κ3) is 5.15. The van der Waals surface area contributed by atoms with Crippen LogP contribution in [-0.4, -0.2) is 31.2 Å². The van der Waals surface area contributed by atoms with Crippen molar-refractivity contribution >= 4 is 5.91 Å². The monoisotopic (exact) mass is 274 g/mol. The van der Waals surface area contributed by atoms with E-state index >= 15 is 0 Å². The molecule has 4 heteroatoms. The zero-order chi connectivity index (χ0) is 14.2. The van der Waals surface area contributed by atoms with Gasteiger partial charge >= 0.3 is 0 Å². The Morgan fingerprint density at radius 3 is 2.75 bits per heavy atom. The molecule has 1 amide bonds. The van der Waals surface area contributed by atoms with Crippen LogP contribution in [0.3, 0.4) is 0 Å². The second kappa shape index (κ2) is 7.82. The van der Waals surface area contributed by atoms with Crippen LogP contribution in [0.1, 0.15) is 18.4 Å². The third-order valence-electron chi connectivity index (χ3n) is 3.13. The minimum absolute atomic E-state index is 0.0533. The van der Waals surface area contributed by atoms with Crippen molar-refractivity contribution in [2.24, 2.45) is 5.73 Å². The molecule has 0 aromatic heterocycles. The summed E-state index contributed by atoms with van der Waals surface area (Å²) in [5, 5.41) is 2.86. The maximum atomic E-state index is 12.2. The molecule has 1 aromatic rings. The highest BCUT2D eigenvalue weighted by Gasteiger charge is 2.29. The molecule has 1 saturated carbocycles. The number of carbonyl (C=O) groups is 1. The van der Waals surface area contributed by atoms with Crippen molar-refractivity contribution in [2.45, 2.75) is 31.5 Å². The van der Waals surface area contributed by atoms with E-state index in [1.54, 1.807) is 0 Å². The number of ether oxygens (including phenoxy) is 1. The van der Waals surface area contributed by atoms with E-state index in [4.69, 9.17) is 10.5 Å². The largest absolute Gasteiger partial charge is 0.365 e. The van der Waals surface area contributed by atoms with Gasteiger partial charge in [-0.1, -0.05) is 42.5 Å². The summed E-state index contributed by atoms with van der Waals surface area (Å²) in [7, 11) is 0. The van der Waals surface area contributed by atoms with Crippen molar-refractivity contribution in [3.8, 4) is 0 Å². The normalized spacial score (nSPS) is 16.2. The van der Waals surface area contributed by atoms with E-state index in [1.807, 2.05) is 42.5 Å². The summed E-state index contributed by atoms with van der Waals surface area (Å²) >= 11 is 0. The zero-order valence-electron chi connectivity index (χ0n) is 11.6. The van der Waals surface area contributed by atoms with Crippen molar-refractivity contribution in [3.63, 3.8) is 0 Å². The van der Waals surface area contributed by atoms with Gasteiger partial charge in [0.2, 0.25) is 5.91 Å².